The van der Waals surface area contributed by atoms with E-state index in [1.54, 1.807) is 36.3 Å². The monoisotopic (exact) mass is 432 g/mol. The van der Waals surface area contributed by atoms with Gasteiger partial charge in [0.15, 0.2) is 5.76 Å². The van der Waals surface area contributed by atoms with Crippen molar-refractivity contribution in [3.63, 3.8) is 0 Å². The smallest absolute Gasteiger partial charge is 0.392 e. The van der Waals surface area contributed by atoms with Crippen molar-refractivity contribution in [1.82, 2.24) is 9.63 Å². The maximum Gasteiger partial charge on any atom is 0.447 e. The Morgan fingerprint density at radius 2 is 1.86 bits per heavy atom. The Labute approximate surface area is 171 Å². The molecule has 3 rings (SSSR count). The van der Waals surface area contributed by atoms with Crippen LogP contribution >= 0.6 is 11.6 Å². The van der Waals surface area contributed by atoms with E-state index in [-0.39, 0.29) is 21.9 Å². The molecule has 0 saturated heterocycles. The van der Waals surface area contributed by atoms with Gasteiger partial charge in [-0.05, 0) is 35.0 Å². The van der Waals surface area contributed by atoms with Gasteiger partial charge in [0.2, 0.25) is 10.0 Å². The van der Waals surface area contributed by atoms with E-state index in [9.17, 15) is 18.4 Å². The summed E-state index contributed by atoms with van der Waals surface area (Å²) in [7, 11) is -3.03. The molecule has 3 aromatic rings. The van der Waals surface area contributed by atoms with Gasteiger partial charge in [-0.1, -0.05) is 29.8 Å². The van der Waals surface area contributed by atoms with E-state index in [2.05, 4.69) is 4.98 Å². The number of primary sulfonamides is 1. The number of sulfonamides is 1. The van der Waals surface area contributed by atoms with Crippen molar-refractivity contribution < 1.29 is 22.8 Å². The summed E-state index contributed by atoms with van der Waals surface area (Å²) in [6.07, 6.45) is 5.11. The number of rotatable bonds is 4. The van der Waals surface area contributed by atoms with Crippen molar-refractivity contribution in [2.75, 3.05) is 7.05 Å². The minimum Gasteiger partial charge on any atom is -0.392 e. The summed E-state index contributed by atoms with van der Waals surface area (Å²) in [6.45, 7) is 0. The van der Waals surface area contributed by atoms with Gasteiger partial charge in [-0.2, -0.15) is 10.2 Å². The molecule has 1 aromatic heterocycles. The van der Waals surface area contributed by atoms with E-state index >= 15 is 0 Å². The zero-order chi connectivity index (χ0) is 21.4. The van der Waals surface area contributed by atoms with Crippen LogP contribution in [-0.4, -0.2) is 31.6 Å². The highest BCUT2D eigenvalue weighted by molar-refractivity contribution is 7.89. The molecule has 3 N–H and O–H groups in total. The molecule has 0 aliphatic carbocycles. The molecule has 8 nitrogen and oxygen atoms in total. The number of benzene rings is 2. The topological polar surface area (TPSA) is 123 Å². The molecule has 0 aliphatic heterocycles. The molecule has 148 valence electrons. The minimum absolute atomic E-state index is 0.0511. The van der Waals surface area contributed by atoms with Crippen LogP contribution in [0.4, 0.5) is 6.01 Å². The lowest BCUT2D eigenvalue weighted by atomic mass is 10.1. The number of terminal acetylenes is 1. The molecule has 0 radical (unpaired) electrons. The lowest BCUT2D eigenvalue weighted by molar-refractivity contribution is -0.152. The highest BCUT2D eigenvalue weighted by Crippen LogP contribution is 2.39. The molecule has 0 aliphatic rings. The third-order valence-electron chi connectivity index (χ3n) is 4.06. The highest BCUT2D eigenvalue weighted by atomic mass is 35.5. The van der Waals surface area contributed by atoms with Gasteiger partial charge in [-0.25, -0.2) is 18.4 Å². The third-order valence-corrected chi connectivity index (χ3v) is 5.28. The fourth-order valence-electron chi connectivity index (χ4n) is 2.60. The first-order chi connectivity index (χ1) is 13.6. The molecule has 1 amide bonds. The van der Waals surface area contributed by atoms with Crippen molar-refractivity contribution in [2.45, 2.75) is 4.90 Å². The van der Waals surface area contributed by atoms with Crippen LogP contribution in [0, 0.1) is 12.3 Å². The summed E-state index contributed by atoms with van der Waals surface area (Å²) in [4.78, 5) is 15.9. The Morgan fingerprint density at radius 1 is 1.24 bits per heavy atom. The molecule has 1 heterocycles. The van der Waals surface area contributed by atoms with Crippen LogP contribution in [0.5, 0.6) is 0 Å². The first-order valence-electron chi connectivity index (χ1n) is 8.05. The Kier molecular flexibility index (Phi) is 5.32. The van der Waals surface area contributed by atoms with Gasteiger partial charge in [0.05, 0.1) is 4.90 Å². The summed E-state index contributed by atoms with van der Waals surface area (Å²) in [5.74, 6) is 0.871. The quantitative estimate of drug-likeness (QED) is 0.283. The van der Waals surface area contributed by atoms with E-state index in [0.717, 1.165) is 7.05 Å². The number of hydrogen-bond donors (Lipinski definition) is 2. The number of aromatic nitrogens is 1. The average Bonchev–Trinajstić information content (AvgIpc) is 3.13. The second-order valence-electron chi connectivity index (χ2n) is 6.13. The molecule has 0 saturated carbocycles. The number of carbonyl (C=O) groups is 1. The largest absolute Gasteiger partial charge is 0.447 e. The number of halogens is 1. The van der Waals surface area contributed by atoms with E-state index in [0.29, 0.717) is 10.6 Å². The third kappa shape index (κ3) is 3.93. The fraction of sp³-hybridized carbons (Fsp3) is 0.0526. The van der Waals surface area contributed by atoms with Crippen LogP contribution in [0.15, 0.2) is 57.8 Å². The Hall–Kier alpha value is -3.00. The van der Waals surface area contributed by atoms with E-state index < -0.39 is 26.6 Å². The highest BCUT2D eigenvalue weighted by Gasteiger charge is 2.40. The summed E-state index contributed by atoms with van der Waals surface area (Å²) in [5, 5.41) is 16.3. The van der Waals surface area contributed by atoms with Crippen LogP contribution in [0.1, 0.15) is 0 Å². The van der Waals surface area contributed by atoms with E-state index in [1.807, 2.05) is 0 Å². The van der Waals surface area contributed by atoms with Crippen molar-refractivity contribution in [3.05, 3.63) is 53.6 Å². The van der Waals surface area contributed by atoms with Gasteiger partial charge in [0, 0.05) is 22.1 Å². The van der Waals surface area contributed by atoms with Gasteiger partial charge < -0.3 is 4.42 Å². The maximum atomic E-state index is 12.0. The van der Waals surface area contributed by atoms with E-state index in [4.69, 9.17) is 27.6 Å². The molecular weight excluding hydrogens is 418 g/mol. The molecule has 10 heteroatoms. The standard InChI is InChI=1S/C19H15ClN3O5S/c1-3-16(24)23(2,25)19-22-17(14-6-4-5-7-15(14)29(21,26)27)18(28-19)12-8-10-13(20)11-9-12/h1,4-11,25H,2H3,(H2,21,26,27)/q+1. The van der Waals surface area contributed by atoms with Crippen molar-refractivity contribution in [1.29, 1.82) is 0 Å². The predicted octanol–water partition coefficient (Wildman–Crippen LogP) is 2.80. The predicted molar refractivity (Wildman–Crippen MR) is 107 cm³/mol. The lowest BCUT2D eigenvalue weighted by Crippen LogP contribution is -2.46. The first kappa shape index (κ1) is 20.7. The molecule has 0 bridgehead atoms. The van der Waals surface area contributed by atoms with Crippen molar-refractivity contribution in [3.8, 4) is 34.9 Å². The number of amides is 1. The number of carbonyl (C=O) groups excluding carboxylic acids is 1. The lowest BCUT2D eigenvalue weighted by Gasteiger charge is -2.13. The Bertz CT molecular complexity index is 1240. The molecule has 1 unspecified atom stereocenters. The second-order valence-corrected chi connectivity index (χ2v) is 8.10. The zero-order valence-corrected chi connectivity index (χ0v) is 16.6. The SMILES string of the molecule is C#CC(=O)[N+](C)(O)c1nc(-c2ccccc2S(N)(=O)=O)c(-c2ccc(Cl)cc2)o1. The number of hydroxylamine groups is 2. The minimum atomic E-state index is -4.10. The Balaban J connectivity index is 2.34. The maximum absolute atomic E-state index is 12.0. The summed E-state index contributed by atoms with van der Waals surface area (Å²) in [5.41, 5.74) is 0.652. The molecule has 0 fully saturated rings. The normalized spacial score (nSPS) is 13.5. The van der Waals surface area contributed by atoms with Gasteiger partial charge >= 0.3 is 11.9 Å². The summed E-state index contributed by atoms with van der Waals surface area (Å²) < 4.78 is 28.3. The van der Waals surface area contributed by atoms with Gasteiger partial charge in [0.1, 0.15) is 12.7 Å². The van der Waals surface area contributed by atoms with Gasteiger partial charge in [-0.15, -0.1) is 6.42 Å². The molecule has 0 spiro atoms. The first-order valence-corrected chi connectivity index (χ1v) is 9.98. The van der Waals surface area contributed by atoms with Crippen LogP contribution in [0.3, 0.4) is 0 Å². The molecular formula is C19H15ClN3O5S+. The summed E-state index contributed by atoms with van der Waals surface area (Å²) in [6, 6.07) is 11.8. The summed E-state index contributed by atoms with van der Waals surface area (Å²) >= 11 is 5.93. The number of nitrogens with zero attached hydrogens (tertiary/aromatic N) is 2. The van der Waals surface area contributed by atoms with Gasteiger partial charge in [0.25, 0.3) is 0 Å². The number of oxazole rings is 1. The number of hydrogen-bond acceptors (Lipinski definition) is 6. The van der Waals surface area contributed by atoms with Crippen molar-refractivity contribution >= 4 is 33.5 Å². The van der Waals surface area contributed by atoms with Crippen molar-refractivity contribution in [2.24, 2.45) is 5.14 Å². The average molecular weight is 433 g/mol. The van der Waals surface area contributed by atoms with Gasteiger partial charge in [-0.3, -0.25) is 0 Å². The van der Waals surface area contributed by atoms with E-state index in [1.165, 1.54) is 18.2 Å². The Morgan fingerprint density at radius 3 is 2.45 bits per heavy atom. The van der Waals surface area contributed by atoms with Crippen LogP contribution in [0.2, 0.25) is 5.02 Å². The number of nitrogens with two attached hydrogens (primary N) is 1. The van der Waals surface area contributed by atoms with Crippen LogP contribution < -0.4 is 9.79 Å². The number of quaternary nitrogens is 1. The van der Waals surface area contributed by atoms with Crippen LogP contribution in [-0.2, 0) is 14.8 Å². The van der Waals surface area contributed by atoms with Crippen LogP contribution in [0.25, 0.3) is 22.6 Å². The molecule has 1 atom stereocenters. The fourth-order valence-corrected chi connectivity index (χ4v) is 3.46. The molecule has 29 heavy (non-hydrogen) atoms. The second kappa shape index (κ2) is 7.44. The molecule has 2 aromatic carbocycles. The zero-order valence-electron chi connectivity index (χ0n) is 15.0.